The summed E-state index contributed by atoms with van der Waals surface area (Å²) in [6.45, 7) is 5.78. The molecule has 14 heavy (non-hydrogen) atoms. The lowest BCUT2D eigenvalue weighted by molar-refractivity contribution is 0.0699. The summed E-state index contributed by atoms with van der Waals surface area (Å²) in [6, 6.07) is 0. The number of nitrogen functional groups attached to an aromatic ring is 1. The van der Waals surface area contributed by atoms with Crippen molar-refractivity contribution in [3.8, 4) is 0 Å². The van der Waals surface area contributed by atoms with Crippen molar-refractivity contribution in [2.45, 2.75) is 26.9 Å². The van der Waals surface area contributed by atoms with Gasteiger partial charge in [0.15, 0.2) is 17.5 Å². The summed E-state index contributed by atoms with van der Waals surface area (Å²) in [5, 5.41) is 0. The fourth-order valence-electron chi connectivity index (χ4n) is 1.11. The smallest absolute Gasteiger partial charge is 0.186 e. The Morgan fingerprint density at radius 3 is 2.64 bits per heavy atom. The summed E-state index contributed by atoms with van der Waals surface area (Å²) in [5.41, 5.74) is 5.62. The van der Waals surface area contributed by atoms with Crippen LogP contribution in [0.5, 0.6) is 0 Å². The quantitative estimate of drug-likeness (QED) is 0.803. The first-order valence-corrected chi connectivity index (χ1v) is 4.47. The van der Waals surface area contributed by atoms with Crippen LogP contribution in [0.2, 0.25) is 0 Å². The van der Waals surface area contributed by atoms with E-state index < -0.39 is 5.82 Å². The van der Waals surface area contributed by atoms with E-state index in [1.54, 1.807) is 13.8 Å². The predicted molar refractivity (Wildman–Crippen MR) is 51.2 cm³/mol. The zero-order valence-corrected chi connectivity index (χ0v) is 8.54. The summed E-state index contributed by atoms with van der Waals surface area (Å²) in [4.78, 5) is 7.78. The van der Waals surface area contributed by atoms with Gasteiger partial charge < -0.3 is 10.5 Å². The summed E-state index contributed by atoms with van der Waals surface area (Å²) < 4.78 is 18.3. The predicted octanol–water partition coefficient (Wildman–Crippen LogP) is 1.60. The molecule has 0 saturated carbocycles. The largest absolute Gasteiger partial charge is 0.381 e. The Balaban J connectivity index is 3.00. The second kappa shape index (κ2) is 4.32. The number of anilines is 1. The van der Waals surface area contributed by atoms with Crippen LogP contribution in [-0.2, 0) is 4.74 Å². The van der Waals surface area contributed by atoms with Crippen molar-refractivity contribution in [1.82, 2.24) is 9.97 Å². The van der Waals surface area contributed by atoms with Gasteiger partial charge in [-0.3, -0.25) is 0 Å². The molecule has 2 N–H and O–H groups in total. The standard InChI is InChI=1S/C9H14FN3O/c1-4-14-6(3)9-12-5(2)7(10)8(11)13-9/h6H,4H2,1-3H3,(H2,11,12,13). The first-order valence-electron chi connectivity index (χ1n) is 4.47. The van der Waals surface area contributed by atoms with Crippen LogP contribution in [0.4, 0.5) is 10.2 Å². The molecule has 0 aromatic carbocycles. The van der Waals surface area contributed by atoms with Crippen LogP contribution in [0.15, 0.2) is 0 Å². The van der Waals surface area contributed by atoms with Crippen LogP contribution >= 0.6 is 0 Å². The highest BCUT2D eigenvalue weighted by molar-refractivity contribution is 5.32. The van der Waals surface area contributed by atoms with Crippen molar-refractivity contribution in [1.29, 1.82) is 0 Å². The molecule has 0 aliphatic rings. The third-order valence-electron chi connectivity index (χ3n) is 1.84. The van der Waals surface area contributed by atoms with Crippen molar-refractivity contribution < 1.29 is 9.13 Å². The van der Waals surface area contributed by atoms with Gasteiger partial charge in [-0.2, -0.15) is 0 Å². The van der Waals surface area contributed by atoms with Crippen LogP contribution in [-0.4, -0.2) is 16.6 Å². The lowest BCUT2D eigenvalue weighted by Gasteiger charge is -2.11. The molecule has 0 saturated heterocycles. The third kappa shape index (κ3) is 2.17. The molecular formula is C9H14FN3O. The van der Waals surface area contributed by atoms with Crippen LogP contribution in [0.3, 0.4) is 0 Å². The highest BCUT2D eigenvalue weighted by Gasteiger charge is 2.13. The van der Waals surface area contributed by atoms with E-state index in [2.05, 4.69) is 9.97 Å². The SMILES string of the molecule is CCOC(C)c1nc(C)c(F)c(N)n1. The van der Waals surface area contributed by atoms with E-state index in [0.29, 0.717) is 12.4 Å². The van der Waals surface area contributed by atoms with E-state index in [9.17, 15) is 4.39 Å². The fraction of sp³-hybridized carbons (Fsp3) is 0.556. The Bertz CT molecular complexity index is 307. The molecular weight excluding hydrogens is 185 g/mol. The molecule has 5 heteroatoms. The molecule has 1 aromatic heterocycles. The second-order valence-corrected chi connectivity index (χ2v) is 2.96. The number of nitrogens with zero attached hydrogens (tertiary/aromatic N) is 2. The first-order chi connectivity index (χ1) is 6.56. The molecule has 0 bridgehead atoms. The van der Waals surface area contributed by atoms with Crippen molar-refractivity contribution in [3.63, 3.8) is 0 Å². The topological polar surface area (TPSA) is 61.0 Å². The van der Waals surface area contributed by atoms with E-state index in [4.69, 9.17) is 10.5 Å². The maximum absolute atomic E-state index is 13.1. The normalized spacial score (nSPS) is 12.9. The lowest BCUT2D eigenvalue weighted by Crippen LogP contribution is -2.10. The summed E-state index contributed by atoms with van der Waals surface area (Å²) in [5.74, 6) is -0.264. The second-order valence-electron chi connectivity index (χ2n) is 2.96. The molecule has 1 aromatic rings. The molecule has 0 amide bonds. The van der Waals surface area contributed by atoms with Crippen LogP contribution < -0.4 is 5.73 Å². The molecule has 0 aliphatic heterocycles. The minimum atomic E-state index is -0.558. The molecule has 1 unspecified atom stereocenters. The Morgan fingerprint density at radius 1 is 1.50 bits per heavy atom. The number of ether oxygens (including phenoxy) is 1. The number of halogens is 1. The molecule has 78 valence electrons. The van der Waals surface area contributed by atoms with Gasteiger partial charge in [0.2, 0.25) is 0 Å². The Labute approximate surface area is 82.3 Å². The van der Waals surface area contributed by atoms with Crippen molar-refractivity contribution >= 4 is 5.82 Å². The zero-order chi connectivity index (χ0) is 10.7. The van der Waals surface area contributed by atoms with Gasteiger partial charge in [-0.25, -0.2) is 14.4 Å². The Hall–Kier alpha value is -1.23. The highest BCUT2D eigenvalue weighted by atomic mass is 19.1. The molecule has 0 fully saturated rings. The lowest BCUT2D eigenvalue weighted by atomic mass is 10.3. The van der Waals surface area contributed by atoms with Gasteiger partial charge in [-0.15, -0.1) is 0 Å². The van der Waals surface area contributed by atoms with E-state index >= 15 is 0 Å². The van der Waals surface area contributed by atoms with E-state index in [1.165, 1.54) is 0 Å². The summed E-state index contributed by atoms with van der Waals surface area (Å²) in [6.07, 6.45) is -0.262. The van der Waals surface area contributed by atoms with Crippen LogP contribution in [0.25, 0.3) is 0 Å². The molecule has 0 aliphatic carbocycles. The van der Waals surface area contributed by atoms with Gasteiger partial charge in [-0.05, 0) is 20.8 Å². The number of hydrogen-bond acceptors (Lipinski definition) is 4. The van der Waals surface area contributed by atoms with Crippen molar-refractivity contribution in [2.75, 3.05) is 12.3 Å². The monoisotopic (exact) mass is 199 g/mol. The molecule has 1 atom stereocenters. The van der Waals surface area contributed by atoms with Gasteiger partial charge >= 0.3 is 0 Å². The van der Waals surface area contributed by atoms with E-state index in [1.807, 2.05) is 6.92 Å². The van der Waals surface area contributed by atoms with Gasteiger partial charge in [-0.1, -0.05) is 0 Å². The van der Waals surface area contributed by atoms with Gasteiger partial charge in [0.25, 0.3) is 0 Å². The number of hydrogen-bond donors (Lipinski definition) is 1. The molecule has 1 rings (SSSR count). The maximum atomic E-state index is 13.1. The third-order valence-corrected chi connectivity index (χ3v) is 1.84. The minimum absolute atomic E-state index is 0.126. The summed E-state index contributed by atoms with van der Waals surface area (Å²) >= 11 is 0. The van der Waals surface area contributed by atoms with Gasteiger partial charge in [0, 0.05) is 6.61 Å². The van der Waals surface area contributed by atoms with Crippen LogP contribution in [0.1, 0.15) is 31.5 Å². The molecule has 0 spiro atoms. The van der Waals surface area contributed by atoms with Crippen LogP contribution in [0, 0.1) is 12.7 Å². The highest BCUT2D eigenvalue weighted by Crippen LogP contribution is 2.16. The molecule has 1 heterocycles. The summed E-state index contributed by atoms with van der Waals surface area (Å²) in [7, 11) is 0. The van der Waals surface area contributed by atoms with Gasteiger partial charge in [0.1, 0.15) is 6.10 Å². The average Bonchev–Trinajstić information content (AvgIpc) is 2.13. The van der Waals surface area contributed by atoms with E-state index in [-0.39, 0.29) is 17.6 Å². The van der Waals surface area contributed by atoms with Crippen molar-refractivity contribution in [2.24, 2.45) is 0 Å². The van der Waals surface area contributed by atoms with Gasteiger partial charge in [0.05, 0.1) is 5.69 Å². The number of rotatable bonds is 3. The first kappa shape index (κ1) is 10.8. The number of aromatic nitrogens is 2. The average molecular weight is 199 g/mol. The Morgan fingerprint density at radius 2 is 2.14 bits per heavy atom. The zero-order valence-electron chi connectivity index (χ0n) is 8.54. The van der Waals surface area contributed by atoms with E-state index in [0.717, 1.165) is 0 Å². The fourth-order valence-corrected chi connectivity index (χ4v) is 1.11. The molecule has 0 radical (unpaired) electrons. The number of aryl methyl sites for hydroxylation is 1. The van der Waals surface area contributed by atoms with Crippen molar-refractivity contribution in [3.05, 3.63) is 17.3 Å². The molecule has 4 nitrogen and oxygen atoms in total. The number of nitrogens with two attached hydrogens (primary N) is 1. The minimum Gasteiger partial charge on any atom is -0.381 e. The Kier molecular flexibility index (Phi) is 3.35. The maximum Gasteiger partial charge on any atom is 0.186 e.